The average Bonchev–Trinajstić information content (AvgIpc) is 1.62. The van der Waals surface area contributed by atoms with Crippen LogP contribution in [0.3, 0.4) is 0 Å². The van der Waals surface area contributed by atoms with Gasteiger partial charge in [-0.25, -0.2) is 0 Å². The number of hydrogen-bond donors (Lipinski definition) is 1. The molecule has 0 fully saturated rings. The van der Waals surface area contributed by atoms with Crippen LogP contribution in [-0.2, 0) is 0 Å². The zero-order valence-corrected chi connectivity index (χ0v) is 5.90. The van der Waals surface area contributed by atoms with Gasteiger partial charge in [0.05, 0.1) is 0 Å². The van der Waals surface area contributed by atoms with Gasteiger partial charge in [-0.3, -0.25) is 0 Å². The molecule has 0 spiro atoms. The molecule has 1 unspecified atom stereocenters. The molecule has 0 aliphatic carbocycles. The standard InChI is InChI=1S/C3H4F3IO/c4-3(5,6)2(8)1-7/h2,8H,1H2. The lowest BCUT2D eigenvalue weighted by Gasteiger charge is -2.09. The SMILES string of the molecule is OC(CI)C(F)(F)F. The Morgan fingerprint density at radius 2 is 1.88 bits per heavy atom. The van der Waals surface area contributed by atoms with Crippen LogP contribution < -0.4 is 0 Å². The molecule has 0 aromatic rings. The van der Waals surface area contributed by atoms with Crippen LogP contribution in [0.4, 0.5) is 13.2 Å². The summed E-state index contributed by atoms with van der Waals surface area (Å²) >= 11 is 1.47. The molecule has 5 heteroatoms. The Kier molecular flexibility index (Phi) is 3.03. The number of aliphatic hydroxyl groups is 1. The molecule has 0 aromatic heterocycles. The molecule has 1 nitrogen and oxygen atoms in total. The monoisotopic (exact) mass is 240 g/mol. The Labute approximate surface area is 58.0 Å². The van der Waals surface area contributed by atoms with Crippen molar-refractivity contribution in [3.63, 3.8) is 0 Å². The minimum absolute atomic E-state index is 0.304. The van der Waals surface area contributed by atoms with Gasteiger partial charge in [0.1, 0.15) is 0 Å². The normalized spacial score (nSPS) is 16.1. The van der Waals surface area contributed by atoms with Crippen molar-refractivity contribution in [3.8, 4) is 0 Å². The van der Waals surface area contributed by atoms with E-state index in [1.807, 2.05) is 0 Å². The van der Waals surface area contributed by atoms with Gasteiger partial charge < -0.3 is 5.11 Å². The number of alkyl halides is 4. The van der Waals surface area contributed by atoms with E-state index in [0.717, 1.165) is 0 Å². The molecule has 50 valence electrons. The molecular formula is C3H4F3IO. The molecule has 8 heavy (non-hydrogen) atoms. The van der Waals surface area contributed by atoms with Crippen LogP contribution in [0.5, 0.6) is 0 Å². The average molecular weight is 240 g/mol. The molecule has 0 radical (unpaired) electrons. The van der Waals surface area contributed by atoms with Gasteiger partial charge in [-0.15, -0.1) is 0 Å². The summed E-state index contributed by atoms with van der Waals surface area (Å²) in [5.41, 5.74) is 0. The topological polar surface area (TPSA) is 20.2 Å². The van der Waals surface area contributed by atoms with E-state index in [9.17, 15) is 13.2 Å². The summed E-state index contributed by atoms with van der Waals surface area (Å²) in [6.45, 7) is 0. The largest absolute Gasteiger partial charge is 0.415 e. The molecule has 0 saturated heterocycles. The van der Waals surface area contributed by atoms with Gasteiger partial charge in [-0.1, -0.05) is 22.6 Å². The van der Waals surface area contributed by atoms with Crippen LogP contribution in [0.15, 0.2) is 0 Å². The van der Waals surface area contributed by atoms with E-state index in [1.54, 1.807) is 0 Å². The first-order valence-corrected chi connectivity index (χ1v) is 3.31. The van der Waals surface area contributed by atoms with Crippen LogP contribution >= 0.6 is 22.6 Å². The van der Waals surface area contributed by atoms with Crippen molar-refractivity contribution in [2.24, 2.45) is 0 Å². The van der Waals surface area contributed by atoms with Crippen molar-refractivity contribution < 1.29 is 18.3 Å². The van der Waals surface area contributed by atoms with Crippen molar-refractivity contribution >= 4 is 22.6 Å². The molecule has 0 amide bonds. The van der Waals surface area contributed by atoms with E-state index in [4.69, 9.17) is 5.11 Å². The zero-order chi connectivity index (χ0) is 6.78. The van der Waals surface area contributed by atoms with Crippen LogP contribution in [0, 0.1) is 0 Å². The predicted octanol–water partition coefficient (Wildman–Crippen LogP) is 1.34. The van der Waals surface area contributed by atoms with Crippen molar-refractivity contribution in [2.45, 2.75) is 12.3 Å². The lowest BCUT2D eigenvalue weighted by atomic mass is 10.4. The van der Waals surface area contributed by atoms with Gasteiger partial charge >= 0.3 is 6.18 Å². The van der Waals surface area contributed by atoms with E-state index in [2.05, 4.69) is 0 Å². The Hall–Kier alpha value is 0.480. The van der Waals surface area contributed by atoms with Crippen LogP contribution in [0.25, 0.3) is 0 Å². The minimum Gasteiger partial charge on any atom is -0.383 e. The fraction of sp³-hybridized carbons (Fsp3) is 1.00. The van der Waals surface area contributed by atoms with Crippen LogP contribution in [-0.4, -0.2) is 21.8 Å². The van der Waals surface area contributed by atoms with Crippen molar-refractivity contribution in [1.29, 1.82) is 0 Å². The quantitative estimate of drug-likeness (QED) is 0.541. The smallest absolute Gasteiger partial charge is 0.383 e. The van der Waals surface area contributed by atoms with Crippen LogP contribution in [0.1, 0.15) is 0 Å². The summed E-state index contributed by atoms with van der Waals surface area (Å²) < 4.78 is 33.3. The number of hydrogen-bond acceptors (Lipinski definition) is 1. The van der Waals surface area contributed by atoms with Gasteiger partial charge in [0.15, 0.2) is 6.10 Å². The van der Waals surface area contributed by atoms with Crippen LogP contribution in [0.2, 0.25) is 0 Å². The Balaban J connectivity index is 3.62. The highest BCUT2D eigenvalue weighted by Gasteiger charge is 2.36. The summed E-state index contributed by atoms with van der Waals surface area (Å²) in [7, 11) is 0. The first kappa shape index (κ1) is 8.48. The maximum Gasteiger partial charge on any atom is 0.415 e. The highest BCUT2D eigenvalue weighted by atomic mass is 127. The van der Waals surface area contributed by atoms with Crippen molar-refractivity contribution in [1.82, 2.24) is 0 Å². The Morgan fingerprint density at radius 3 is 1.88 bits per heavy atom. The van der Waals surface area contributed by atoms with E-state index >= 15 is 0 Å². The molecule has 0 heterocycles. The van der Waals surface area contributed by atoms with E-state index < -0.39 is 12.3 Å². The summed E-state index contributed by atoms with van der Waals surface area (Å²) in [6, 6.07) is 0. The third-order valence-corrected chi connectivity index (χ3v) is 1.36. The Bertz CT molecular complexity index is 71.4. The zero-order valence-electron chi connectivity index (χ0n) is 3.74. The summed E-state index contributed by atoms with van der Waals surface area (Å²) in [5.74, 6) is 0. The second-order valence-corrected chi connectivity index (χ2v) is 2.09. The molecule has 0 rings (SSSR count). The highest BCUT2D eigenvalue weighted by Crippen LogP contribution is 2.20. The summed E-state index contributed by atoms with van der Waals surface area (Å²) in [6.07, 6.45) is -6.61. The minimum atomic E-state index is -4.44. The number of halogens is 4. The second kappa shape index (κ2) is 2.86. The molecule has 1 atom stereocenters. The van der Waals surface area contributed by atoms with E-state index in [-0.39, 0.29) is 4.43 Å². The maximum absolute atomic E-state index is 11.2. The van der Waals surface area contributed by atoms with Gasteiger partial charge in [0.25, 0.3) is 0 Å². The fourth-order valence-electron chi connectivity index (χ4n) is 0.0875. The molecule has 0 saturated carbocycles. The van der Waals surface area contributed by atoms with Gasteiger partial charge in [-0.05, 0) is 0 Å². The lowest BCUT2D eigenvalue weighted by Crippen LogP contribution is -2.29. The molecule has 1 N–H and O–H groups in total. The first-order chi connectivity index (χ1) is 3.48. The Morgan fingerprint density at radius 1 is 1.50 bits per heavy atom. The summed E-state index contributed by atoms with van der Waals surface area (Å²) in [5, 5.41) is 8.06. The fourth-order valence-corrected chi connectivity index (χ4v) is 0.587. The van der Waals surface area contributed by atoms with Gasteiger partial charge in [0.2, 0.25) is 0 Å². The molecule has 0 aliphatic rings. The van der Waals surface area contributed by atoms with E-state index in [0.29, 0.717) is 0 Å². The number of rotatable bonds is 1. The maximum atomic E-state index is 11.2. The number of aliphatic hydroxyl groups excluding tert-OH is 1. The lowest BCUT2D eigenvalue weighted by molar-refractivity contribution is -0.194. The molecule has 0 aliphatic heterocycles. The summed E-state index contributed by atoms with van der Waals surface area (Å²) in [4.78, 5) is 0. The third-order valence-electron chi connectivity index (χ3n) is 0.524. The second-order valence-electron chi connectivity index (χ2n) is 1.21. The molecular weight excluding hydrogens is 236 g/mol. The third kappa shape index (κ3) is 2.71. The first-order valence-electron chi connectivity index (χ1n) is 1.79. The predicted molar refractivity (Wildman–Crippen MR) is 30.9 cm³/mol. The molecule has 0 bridgehead atoms. The van der Waals surface area contributed by atoms with E-state index in [1.165, 1.54) is 22.6 Å². The highest BCUT2D eigenvalue weighted by molar-refractivity contribution is 14.1. The molecule has 0 aromatic carbocycles. The van der Waals surface area contributed by atoms with Gasteiger partial charge in [-0.2, -0.15) is 13.2 Å². The van der Waals surface area contributed by atoms with Crippen molar-refractivity contribution in [2.75, 3.05) is 4.43 Å². The van der Waals surface area contributed by atoms with Gasteiger partial charge in [0, 0.05) is 4.43 Å². The van der Waals surface area contributed by atoms with Crippen molar-refractivity contribution in [3.05, 3.63) is 0 Å².